The molecule has 22 heavy (non-hydrogen) atoms. The van der Waals surface area contributed by atoms with Crippen molar-refractivity contribution in [3.63, 3.8) is 0 Å². The van der Waals surface area contributed by atoms with Gasteiger partial charge in [-0.05, 0) is 23.8 Å². The van der Waals surface area contributed by atoms with Gasteiger partial charge in [-0.25, -0.2) is 0 Å². The smallest absolute Gasteiger partial charge is 0.416 e. The Kier molecular flexibility index (Phi) is 3.66. The van der Waals surface area contributed by atoms with Gasteiger partial charge < -0.3 is 9.47 Å². The van der Waals surface area contributed by atoms with Crippen molar-refractivity contribution in [2.75, 3.05) is 7.11 Å². The molecule has 0 aromatic heterocycles. The first-order valence-electron chi connectivity index (χ1n) is 6.67. The maximum atomic E-state index is 12.8. The average Bonchev–Trinajstić information content (AvgIpc) is 2.85. The molecule has 1 atom stereocenters. The molecule has 2 nitrogen and oxygen atoms in total. The van der Waals surface area contributed by atoms with Crippen LogP contribution >= 0.6 is 0 Å². The molecule has 0 saturated carbocycles. The first kappa shape index (κ1) is 14.7. The maximum Gasteiger partial charge on any atom is 0.416 e. The van der Waals surface area contributed by atoms with Crippen LogP contribution in [0.4, 0.5) is 13.2 Å². The van der Waals surface area contributed by atoms with Gasteiger partial charge in [0.05, 0.1) is 5.56 Å². The minimum absolute atomic E-state index is 0.427. The Morgan fingerprint density at radius 1 is 1.09 bits per heavy atom. The Hall–Kier alpha value is -2.27. The summed E-state index contributed by atoms with van der Waals surface area (Å²) in [6.07, 6.45) is -3.31. The van der Waals surface area contributed by atoms with Gasteiger partial charge in [-0.1, -0.05) is 36.4 Å². The monoisotopic (exact) mass is 306 g/mol. The van der Waals surface area contributed by atoms with E-state index in [1.54, 1.807) is 12.1 Å². The fourth-order valence-corrected chi connectivity index (χ4v) is 2.41. The van der Waals surface area contributed by atoms with Crippen LogP contribution in [0.3, 0.4) is 0 Å². The fourth-order valence-electron chi connectivity index (χ4n) is 2.41. The third kappa shape index (κ3) is 2.72. The summed E-state index contributed by atoms with van der Waals surface area (Å²) in [6, 6.07) is 12.6. The number of halogens is 3. The Balaban J connectivity index is 2.00. The Labute approximate surface area is 125 Å². The summed E-state index contributed by atoms with van der Waals surface area (Å²) in [7, 11) is 1.52. The summed E-state index contributed by atoms with van der Waals surface area (Å²) in [5.41, 5.74) is 1.43. The van der Waals surface area contributed by atoms with Gasteiger partial charge in [0.15, 0.2) is 0 Å². The van der Waals surface area contributed by atoms with Gasteiger partial charge in [-0.2, -0.15) is 13.2 Å². The molecule has 3 rings (SSSR count). The average molecular weight is 306 g/mol. The minimum Gasteiger partial charge on any atom is -0.460 e. The molecular weight excluding hydrogens is 293 g/mol. The number of methoxy groups -OCH3 is 1. The highest BCUT2D eigenvalue weighted by Crippen LogP contribution is 2.39. The van der Waals surface area contributed by atoms with Crippen molar-refractivity contribution in [1.29, 1.82) is 0 Å². The van der Waals surface area contributed by atoms with Crippen molar-refractivity contribution in [1.82, 2.24) is 0 Å². The Bertz CT molecular complexity index is 720. The largest absolute Gasteiger partial charge is 0.460 e. The topological polar surface area (TPSA) is 18.5 Å². The molecule has 114 valence electrons. The Morgan fingerprint density at radius 3 is 2.59 bits per heavy atom. The highest BCUT2D eigenvalue weighted by atomic mass is 19.4. The zero-order valence-electron chi connectivity index (χ0n) is 11.7. The van der Waals surface area contributed by atoms with E-state index in [1.165, 1.54) is 13.2 Å². The van der Waals surface area contributed by atoms with Gasteiger partial charge >= 0.3 is 6.18 Å². The lowest BCUT2D eigenvalue weighted by Crippen LogP contribution is -2.04. The van der Waals surface area contributed by atoms with Crippen LogP contribution in [0.15, 0.2) is 48.5 Å². The van der Waals surface area contributed by atoms with Crippen LogP contribution < -0.4 is 0 Å². The second-order valence-electron chi connectivity index (χ2n) is 4.90. The van der Waals surface area contributed by atoms with Crippen molar-refractivity contribution < 1.29 is 22.6 Å². The standard InChI is InChI=1S/C17H13F3O2/c1-21-16-14-8-3-2-7-13(14)15(22-16)10-11-5-4-6-12(9-11)17(18,19)20/h2-10,16H,1H3/b15-10-. The van der Waals surface area contributed by atoms with Gasteiger partial charge in [0.25, 0.3) is 0 Å². The van der Waals surface area contributed by atoms with Crippen LogP contribution in [0.2, 0.25) is 0 Å². The number of ether oxygens (including phenoxy) is 2. The van der Waals surface area contributed by atoms with Crippen molar-refractivity contribution >= 4 is 11.8 Å². The molecule has 2 aromatic rings. The third-order valence-corrected chi connectivity index (χ3v) is 3.44. The predicted octanol–water partition coefficient (Wildman–Crippen LogP) is 4.88. The van der Waals surface area contributed by atoms with Crippen LogP contribution in [0, 0.1) is 0 Å². The van der Waals surface area contributed by atoms with Crippen molar-refractivity contribution in [2.45, 2.75) is 12.5 Å². The van der Waals surface area contributed by atoms with Crippen molar-refractivity contribution in [3.8, 4) is 0 Å². The van der Waals surface area contributed by atoms with Gasteiger partial charge in [-0.3, -0.25) is 0 Å². The molecule has 0 N–H and O–H groups in total. The van der Waals surface area contributed by atoms with Gasteiger partial charge in [0.2, 0.25) is 6.29 Å². The van der Waals surface area contributed by atoms with Crippen molar-refractivity contribution in [2.24, 2.45) is 0 Å². The van der Waals surface area contributed by atoms with Gasteiger partial charge in [-0.15, -0.1) is 0 Å². The third-order valence-electron chi connectivity index (χ3n) is 3.44. The predicted molar refractivity (Wildman–Crippen MR) is 76.6 cm³/mol. The molecule has 0 amide bonds. The van der Waals surface area contributed by atoms with E-state index in [9.17, 15) is 13.2 Å². The number of rotatable bonds is 2. The summed E-state index contributed by atoms with van der Waals surface area (Å²) >= 11 is 0. The molecule has 0 fully saturated rings. The lowest BCUT2D eigenvalue weighted by Gasteiger charge is -2.09. The molecule has 0 bridgehead atoms. The van der Waals surface area contributed by atoms with Crippen LogP contribution in [-0.2, 0) is 15.7 Å². The number of alkyl halides is 3. The van der Waals surface area contributed by atoms with E-state index in [4.69, 9.17) is 9.47 Å². The zero-order valence-corrected chi connectivity index (χ0v) is 11.7. The van der Waals surface area contributed by atoms with E-state index in [1.807, 2.05) is 24.3 Å². The van der Waals surface area contributed by atoms with Crippen molar-refractivity contribution in [3.05, 3.63) is 70.8 Å². The lowest BCUT2D eigenvalue weighted by molar-refractivity contribution is -0.137. The zero-order chi connectivity index (χ0) is 15.7. The number of hydrogen-bond donors (Lipinski definition) is 0. The molecule has 1 aliphatic rings. The van der Waals surface area contributed by atoms with Gasteiger partial charge in [0.1, 0.15) is 5.76 Å². The van der Waals surface area contributed by atoms with Crippen LogP contribution in [-0.4, -0.2) is 7.11 Å². The van der Waals surface area contributed by atoms with Crippen LogP contribution in [0.5, 0.6) is 0 Å². The molecule has 2 aromatic carbocycles. The first-order chi connectivity index (χ1) is 10.5. The molecule has 5 heteroatoms. The second kappa shape index (κ2) is 5.50. The molecule has 1 heterocycles. The van der Waals surface area contributed by atoms with Crippen LogP contribution in [0.25, 0.3) is 11.8 Å². The van der Waals surface area contributed by atoms with E-state index < -0.39 is 18.0 Å². The van der Waals surface area contributed by atoms with E-state index in [2.05, 4.69) is 0 Å². The number of benzene rings is 2. The minimum atomic E-state index is -4.36. The van der Waals surface area contributed by atoms with E-state index >= 15 is 0 Å². The summed E-state index contributed by atoms with van der Waals surface area (Å²) in [6.45, 7) is 0. The van der Waals surface area contributed by atoms with E-state index in [0.29, 0.717) is 11.3 Å². The summed E-state index contributed by atoms with van der Waals surface area (Å²) < 4.78 is 49.2. The normalized spacial score (nSPS) is 19.1. The molecule has 0 saturated heterocycles. The quantitative estimate of drug-likeness (QED) is 0.787. The highest BCUT2D eigenvalue weighted by Gasteiger charge is 2.31. The molecule has 0 radical (unpaired) electrons. The molecule has 0 aliphatic carbocycles. The highest BCUT2D eigenvalue weighted by molar-refractivity contribution is 5.81. The maximum absolute atomic E-state index is 12.8. The SMILES string of the molecule is COC1O/C(=C\c2cccc(C(F)(F)F)c2)c2ccccc21. The summed E-state index contributed by atoms with van der Waals surface area (Å²) in [5.74, 6) is 0.502. The molecule has 0 spiro atoms. The molecule has 1 aliphatic heterocycles. The van der Waals surface area contributed by atoms with E-state index in [-0.39, 0.29) is 0 Å². The first-order valence-corrected chi connectivity index (χ1v) is 6.67. The molecule has 1 unspecified atom stereocenters. The molecular formula is C17H13F3O2. The fraction of sp³-hybridized carbons (Fsp3) is 0.176. The number of fused-ring (bicyclic) bond motifs is 1. The second-order valence-corrected chi connectivity index (χ2v) is 4.90. The van der Waals surface area contributed by atoms with Crippen LogP contribution in [0.1, 0.15) is 28.5 Å². The Morgan fingerprint density at radius 2 is 1.86 bits per heavy atom. The summed E-state index contributed by atoms with van der Waals surface area (Å²) in [5, 5.41) is 0. The summed E-state index contributed by atoms with van der Waals surface area (Å²) in [4.78, 5) is 0. The van der Waals surface area contributed by atoms with Gasteiger partial charge in [0, 0.05) is 18.2 Å². The lowest BCUT2D eigenvalue weighted by atomic mass is 10.0. The number of hydrogen-bond acceptors (Lipinski definition) is 2. The van der Waals surface area contributed by atoms with E-state index in [0.717, 1.165) is 23.3 Å².